The first-order valence-electron chi connectivity index (χ1n) is 8.26. The van der Waals surface area contributed by atoms with Crippen molar-refractivity contribution < 1.29 is 9.47 Å². The molecule has 0 radical (unpaired) electrons. The van der Waals surface area contributed by atoms with Crippen molar-refractivity contribution in [3.8, 4) is 0 Å². The molecular weight excluding hydrogens is 236 g/mol. The van der Waals surface area contributed by atoms with Gasteiger partial charge in [-0.2, -0.15) is 0 Å². The van der Waals surface area contributed by atoms with Gasteiger partial charge in [-0.15, -0.1) is 0 Å². The Morgan fingerprint density at radius 2 is 1.68 bits per heavy atom. The molecule has 0 amide bonds. The van der Waals surface area contributed by atoms with Crippen LogP contribution in [-0.2, 0) is 9.47 Å². The van der Waals surface area contributed by atoms with Crippen LogP contribution in [0, 0.1) is 17.8 Å². The van der Waals surface area contributed by atoms with Crippen molar-refractivity contribution in [1.29, 1.82) is 0 Å². The van der Waals surface area contributed by atoms with Crippen LogP contribution in [0.15, 0.2) is 0 Å². The number of methoxy groups -OCH3 is 1. The van der Waals surface area contributed by atoms with E-state index in [1.807, 2.05) is 7.11 Å². The Hall–Kier alpha value is -0.0800. The molecule has 0 N–H and O–H groups in total. The highest BCUT2D eigenvalue weighted by atomic mass is 16.5. The monoisotopic (exact) mass is 270 g/mol. The van der Waals surface area contributed by atoms with Gasteiger partial charge in [-0.1, -0.05) is 47.0 Å². The van der Waals surface area contributed by atoms with E-state index in [1.165, 1.54) is 25.7 Å². The normalized spacial score (nSPS) is 33.3. The van der Waals surface area contributed by atoms with Gasteiger partial charge < -0.3 is 9.47 Å². The molecule has 19 heavy (non-hydrogen) atoms. The third-order valence-electron chi connectivity index (χ3n) is 4.87. The SMILES string of the molecule is CCCCC(CC)COC1CC(C)C(OC)CC1C. The number of hydrogen-bond acceptors (Lipinski definition) is 2. The maximum absolute atomic E-state index is 6.25. The van der Waals surface area contributed by atoms with Gasteiger partial charge in [0.25, 0.3) is 0 Å². The van der Waals surface area contributed by atoms with Crippen LogP contribution >= 0.6 is 0 Å². The van der Waals surface area contributed by atoms with Gasteiger partial charge in [0, 0.05) is 13.7 Å². The minimum absolute atomic E-state index is 0.428. The predicted molar refractivity (Wildman–Crippen MR) is 81.4 cm³/mol. The van der Waals surface area contributed by atoms with Crippen LogP contribution in [0.4, 0.5) is 0 Å². The molecule has 114 valence electrons. The van der Waals surface area contributed by atoms with Crippen molar-refractivity contribution in [3.05, 3.63) is 0 Å². The number of rotatable bonds is 8. The molecule has 5 unspecified atom stereocenters. The van der Waals surface area contributed by atoms with Crippen molar-refractivity contribution in [2.75, 3.05) is 13.7 Å². The molecule has 2 nitrogen and oxygen atoms in total. The lowest BCUT2D eigenvalue weighted by Gasteiger charge is -2.38. The molecule has 1 rings (SSSR count). The third kappa shape index (κ3) is 5.43. The van der Waals surface area contributed by atoms with Crippen molar-refractivity contribution >= 4 is 0 Å². The van der Waals surface area contributed by atoms with E-state index in [9.17, 15) is 0 Å². The first kappa shape index (κ1) is 17.0. The second kappa shape index (κ2) is 8.97. The number of unbranched alkanes of at least 4 members (excludes halogenated alkanes) is 1. The molecule has 1 aliphatic rings. The summed E-state index contributed by atoms with van der Waals surface area (Å²) in [6, 6.07) is 0. The average Bonchev–Trinajstić information content (AvgIpc) is 2.42. The maximum atomic E-state index is 6.25. The molecule has 0 aliphatic heterocycles. The van der Waals surface area contributed by atoms with Crippen molar-refractivity contribution in [2.24, 2.45) is 17.8 Å². The van der Waals surface area contributed by atoms with Gasteiger partial charge in [0.05, 0.1) is 12.2 Å². The van der Waals surface area contributed by atoms with Crippen LogP contribution in [0.3, 0.4) is 0 Å². The lowest BCUT2D eigenvalue weighted by molar-refractivity contribution is -0.0813. The molecule has 0 aromatic rings. The van der Waals surface area contributed by atoms with Crippen molar-refractivity contribution in [1.82, 2.24) is 0 Å². The maximum Gasteiger partial charge on any atom is 0.0605 e. The molecule has 0 heterocycles. The standard InChI is InChI=1S/C17H34O2/c1-6-8-9-15(7-2)12-19-17-11-13(3)16(18-5)10-14(17)4/h13-17H,6-12H2,1-5H3. The molecule has 1 saturated carbocycles. The summed E-state index contributed by atoms with van der Waals surface area (Å²) in [5, 5.41) is 0. The highest BCUT2D eigenvalue weighted by molar-refractivity contribution is 4.83. The summed E-state index contributed by atoms with van der Waals surface area (Å²) in [6.45, 7) is 10.1. The molecule has 0 aromatic carbocycles. The fourth-order valence-electron chi connectivity index (χ4n) is 3.22. The lowest BCUT2D eigenvalue weighted by Crippen LogP contribution is -2.39. The second-order valence-electron chi connectivity index (χ2n) is 6.49. The van der Waals surface area contributed by atoms with Crippen molar-refractivity contribution in [2.45, 2.75) is 78.4 Å². The van der Waals surface area contributed by atoms with E-state index in [-0.39, 0.29) is 0 Å². The van der Waals surface area contributed by atoms with E-state index in [2.05, 4.69) is 27.7 Å². The first-order valence-corrected chi connectivity index (χ1v) is 8.26. The van der Waals surface area contributed by atoms with Crippen LogP contribution in [0.5, 0.6) is 0 Å². The van der Waals surface area contributed by atoms with Gasteiger partial charge in [0.15, 0.2) is 0 Å². The Morgan fingerprint density at radius 1 is 1.05 bits per heavy atom. The zero-order valence-corrected chi connectivity index (χ0v) is 13.7. The highest BCUT2D eigenvalue weighted by Crippen LogP contribution is 2.33. The quantitative estimate of drug-likeness (QED) is 0.638. The zero-order valence-electron chi connectivity index (χ0n) is 13.7. The molecule has 1 fully saturated rings. The molecule has 0 bridgehead atoms. The van der Waals surface area contributed by atoms with Gasteiger partial charge in [-0.3, -0.25) is 0 Å². The highest BCUT2D eigenvalue weighted by Gasteiger charge is 2.33. The van der Waals surface area contributed by atoms with Crippen LogP contribution in [0.1, 0.15) is 66.2 Å². The zero-order chi connectivity index (χ0) is 14.3. The van der Waals surface area contributed by atoms with E-state index in [4.69, 9.17) is 9.47 Å². The summed E-state index contributed by atoms with van der Waals surface area (Å²) in [5.74, 6) is 2.01. The third-order valence-corrected chi connectivity index (χ3v) is 4.87. The van der Waals surface area contributed by atoms with E-state index in [0.717, 1.165) is 25.4 Å². The Kier molecular flexibility index (Phi) is 8.01. The smallest absolute Gasteiger partial charge is 0.0605 e. The van der Waals surface area contributed by atoms with Gasteiger partial charge in [0.1, 0.15) is 0 Å². The molecule has 0 spiro atoms. The summed E-state index contributed by atoms with van der Waals surface area (Å²) in [4.78, 5) is 0. The summed E-state index contributed by atoms with van der Waals surface area (Å²) >= 11 is 0. The van der Waals surface area contributed by atoms with E-state index < -0.39 is 0 Å². The van der Waals surface area contributed by atoms with Crippen LogP contribution in [-0.4, -0.2) is 25.9 Å². The minimum Gasteiger partial charge on any atom is -0.381 e. The Bertz CT molecular complexity index is 229. The van der Waals surface area contributed by atoms with E-state index in [1.54, 1.807) is 0 Å². The fraction of sp³-hybridized carbons (Fsp3) is 1.00. The Balaban J connectivity index is 2.35. The summed E-state index contributed by atoms with van der Waals surface area (Å²) in [6.07, 6.45) is 8.38. The predicted octanol–water partition coefficient (Wildman–Crippen LogP) is 4.67. The largest absolute Gasteiger partial charge is 0.381 e. The van der Waals surface area contributed by atoms with Gasteiger partial charge in [0.2, 0.25) is 0 Å². The molecule has 0 aromatic heterocycles. The summed E-state index contributed by atoms with van der Waals surface area (Å²) < 4.78 is 11.8. The van der Waals surface area contributed by atoms with Gasteiger partial charge >= 0.3 is 0 Å². The average molecular weight is 270 g/mol. The van der Waals surface area contributed by atoms with Crippen molar-refractivity contribution in [3.63, 3.8) is 0 Å². The first-order chi connectivity index (χ1) is 9.12. The summed E-state index contributed by atoms with van der Waals surface area (Å²) in [5.41, 5.74) is 0. The molecule has 5 atom stereocenters. The van der Waals surface area contributed by atoms with Gasteiger partial charge in [-0.25, -0.2) is 0 Å². The lowest BCUT2D eigenvalue weighted by atomic mass is 9.79. The fourth-order valence-corrected chi connectivity index (χ4v) is 3.22. The van der Waals surface area contributed by atoms with Crippen LogP contribution in [0.25, 0.3) is 0 Å². The van der Waals surface area contributed by atoms with Crippen LogP contribution < -0.4 is 0 Å². The molecular formula is C17H34O2. The Morgan fingerprint density at radius 3 is 2.26 bits per heavy atom. The number of ether oxygens (including phenoxy) is 2. The van der Waals surface area contributed by atoms with Gasteiger partial charge in [-0.05, 0) is 37.0 Å². The minimum atomic E-state index is 0.428. The Labute approximate surface area is 120 Å². The molecule has 1 aliphatic carbocycles. The van der Waals surface area contributed by atoms with E-state index >= 15 is 0 Å². The molecule has 2 heteroatoms. The second-order valence-corrected chi connectivity index (χ2v) is 6.49. The topological polar surface area (TPSA) is 18.5 Å². The number of hydrogen-bond donors (Lipinski definition) is 0. The summed E-state index contributed by atoms with van der Waals surface area (Å²) in [7, 11) is 1.84. The molecule has 0 saturated heterocycles. The van der Waals surface area contributed by atoms with Crippen LogP contribution in [0.2, 0.25) is 0 Å². The van der Waals surface area contributed by atoms with E-state index in [0.29, 0.717) is 24.0 Å².